The van der Waals surface area contributed by atoms with Crippen molar-refractivity contribution in [1.82, 2.24) is 40.3 Å². The fourth-order valence-corrected chi connectivity index (χ4v) is 3.98. The van der Waals surface area contributed by atoms with Crippen LogP contribution in [0.4, 0.5) is 0 Å². The lowest BCUT2D eigenvalue weighted by molar-refractivity contribution is -0.000729. The minimum absolute atomic E-state index is 0.210. The molecule has 3 atom stereocenters. The summed E-state index contributed by atoms with van der Waals surface area (Å²) >= 11 is 6.07. The first kappa shape index (κ1) is 22.9. The number of benzene rings is 2. The number of halogens is 1. The van der Waals surface area contributed by atoms with Crippen molar-refractivity contribution < 1.29 is 4.74 Å². The molecule has 0 aliphatic carbocycles. The summed E-state index contributed by atoms with van der Waals surface area (Å²) < 4.78 is 9.98. The molecule has 2 heterocycles. The van der Waals surface area contributed by atoms with E-state index >= 15 is 0 Å². The molecule has 0 aliphatic heterocycles. The summed E-state index contributed by atoms with van der Waals surface area (Å²) in [6, 6.07) is 16.8. The number of hydrogen-bond acceptors (Lipinski definition) is 7. The Balaban J connectivity index is 1.81. The van der Waals surface area contributed by atoms with E-state index in [1.165, 1.54) is 6.33 Å². The standard InChI is InChI=1S/C23H27ClN8O/c1-23(2,3)20(22(31-15-26-14-27-31)33-18-12-10-17(24)11-13-18)32-21(28-29-30-32)19(25-4)16-8-6-5-7-9-16/h5-15,19-20,22,25H,1-4H3/t19-,20+,22+/m1/s1. The highest BCUT2D eigenvalue weighted by Gasteiger charge is 2.41. The Hall–Kier alpha value is -3.30. The van der Waals surface area contributed by atoms with Crippen molar-refractivity contribution in [1.29, 1.82) is 0 Å². The van der Waals surface area contributed by atoms with Crippen LogP contribution in [0.2, 0.25) is 5.02 Å². The van der Waals surface area contributed by atoms with Crippen LogP contribution in [0.1, 0.15) is 50.5 Å². The van der Waals surface area contributed by atoms with Crippen LogP contribution < -0.4 is 10.1 Å². The van der Waals surface area contributed by atoms with Crippen LogP contribution in [-0.2, 0) is 0 Å². The maximum atomic E-state index is 6.47. The normalized spacial score (nSPS) is 14.6. The van der Waals surface area contributed by atoms with Crippen molar-refractivity contribution in [3.05, 3.63) is 83.7 Å². The Labute approximate surface area is 197 Å². The molecule has 172 valence electrons. The lowest BCUT2D eigenvalue weighted by Gasteiger charge is -2.37. The molecule has 0 bridgehead atoms. The number of hydrogen-bond donors (Lipinski definition) is 1. The Morgan fingerprint density at radius 2 is 1.76 bits per heavy atom. The third-order valence-electron chi connectivity index (χ3n) is 5.39. The van der Waals surface area contributed by atoms with Gasteiger partial charge < -0.3 is 10.1 Å². The molecule has 0 unspecified atom stereocenters. The third kappa shape index (κ3) is 5.04. The quantitative estimate of drug-likeness (QED) is 0.417. The number of aromatic nitrogens is 7. The van der Waals surface area contributed by atoms with Crippen LogP contribution in [0, 0.1) is 5.41 Å². The fraction of sp³-hybridized carbons (Fsp3) is 0.348. The van der Waals surface area contributed by atoms with E-state index in [-0.39, 0.29) is 17.5 Å². The highest BCUT2D eigenvalue weighted by atomic mass is 35.5. The van der Waals surface area contributed by atoms with Gasteiger partial charge in [-0.3, -0.25) is 0 Å². The lowest BCUT2D eigenvalue weighted by Crippen LogP contribution is -2.39. The molecule has 4 aromatic rings. The summed E-state index contributed by atoms with van der Waals surface area (Å²) in [5.41, 5.74) is 0.738. The molecule has 2 aromatic heterocycles. The second-order valence-electron chi connectivity index (χ2n) is 8.76. The summed E-state index contributed by atoms with van der Waals surface area (Å²) in [5.74, 6) is 1.32. The Bertz CT molecular complexity index is 1140. The molecule has 4 rings (SSSR count). The van der Waals surface area contributed by atoms with Crippen molar-refractivity contribution in [2.75, 3.05) is 7.05 Å². The average Bonchev–Trinajstić information content (AvgIpc) is 3.48. The van der Waals surface area contributed by atoms with E-state index in [1.54, 1.807) is 23.1 Å². The predicted octanol–water partition coefficient (Wildman–Crippen LogP) is 4.09. The zero-order valence-electron chi connectivity index (χ0n) is 19.0. The van der Waals surface area contributed by atoms with Crippen molar-refractivity contribution in [3.63, 3.8) is 0 Å². The van der Waals surface area contributed by atoms with Gasteiger partial charge in [-0.05, 0) is 52.7 Å². The zero-order chi connectivity index (χ0) is 23.4. The highest BCUT2D eigenvalue weighted by molar-refractivity contribution is 6.30. The molecule has 0 radical (unpaired) electrons. The molecule has 10 heteroatoms. The monoisotopic (exact) mass is 466 g/mol. The van der Waals surface area contributed by atoms with Gasteiger partial charge >= 0.3 is 0 Å². The molecule has 0 saturated heterocycles. The van der Waals surface area contributed by atoms with E-state index in [0.29, 0.717) is 16.6 Å². The molecule has 9 nitrogen and oxygen atoms in total. The molecule has 0 amide bonds. The zero-order valence-corrected chi connectivity index (χ0v) is 19.8. The molecule has 0 saturated carbocycles. The molecular weight excluding hydrogens is 440 g/mol. The van der Waals surface area contributed by atoms with Gasteiger partial charge in [0.2, 0.25) is 6.23 Å². The molecule has 0 spiro atoms. The van der Waals surface area contributed by atoms with E-state index in [0.717, 1.165) is 5.56 Å². The van der Waals surface area contributed by atoms with Gasteiger partial charge in [0.15, 0.2) is 5.82 Å². The van der Waals surface area contributed by atoms with Gasteiger partial charge in [-0.15, -0.1) is 5.10 Å². The van der Waals surface area contributed by atoms with Crippen molar-refractivity contribution >= 4 is 11.6 Å². The average molecular weight is 467 g/mol. The third-order valence-corrected chi connectivity index (χ3v) is 5.64. The molecule has 0 aliphatic rings. The summed E-state index contributed by atoms with van der Waals surface area (Å²) in [4.78, 5) is 4.14. The first-order valence-electron chi connectivity index (χ1n) is 10.6. The SMILES string of the molecule is CN[C@H](c1ccccc1)c1nnnn1[C@@H]([C@H](Oc1ccc(Cl)cc1)n1cncn1)C(C)(C)C. The van der Waals surface area contributed by atoms with Gasteiger partial charge in [0.25, 0.3) is 0 Å². The molecule has 1 N–H and O–H groups in total. The van der Waals surface area contributed by atoms with Crippen LogP contribution >= 0.6 is 11.6 Å². The number of rotatable bonds is 8. The summed E-state index contributed by atoms with van der Waals surface area (Å²) in [5, 5.41) is 21.2. The molecule has 0 fully saturated rings. The second-order valence-corrected chi connectivity index (χ2v) is 9.20. The van der Waals surface area contributed by atoms with E-state index in [4.69, 9.17) is 16.3 Å². The van der Waals surface area contributed by atoms with E-state index in [9.17, 15) is 0 Å². The number of ether oxygens (including phenoxy) is 1. The van der Waals surface area contributed by atoms with Gasteiger partial charge in [-0.1, -0.05) is 62.7 Å². The summed E-state index contributed by atoms with van der Waals surface area (Å²) in [6.45, 7) is 6.36. The number of nitrogens with zero attached hydrogens (tertiary/aromatic N) is 7. The molecule has 2 aromatic carbocycles. The maximum Gasteiger partial charge on any atom is 0.215 e. The van der Waals surface area contributed by atoms with Gasteiger partial charge in [0, 0.05) is 5.02 Å². The first-order valence-corrected chi connectivity index (χ1v) is 11.0. The van der Waals surface area contributed by atoms with Crippen molar-refractivity contribution in [2.24, 2.45) is 5.41 Å². The first-order chi connectivity index (χ1) is 15.9. The van der Waals surface area contributed by atoms with E-state index in [1.807, 2.05) is 54.2 Å². The molecule has 33 heavy (non-hydrogen) atoms. The number of tetrazole rings is 1. The lowest BCUT2D eigenvalue weighted by atomic mass is 9.85. The maximum absolute atomic E-state index is 6.47. The number of nitrogens with one attached hydrogen (secondary N) is 1. The van der Waals surface area contributed by atoms with E-state index < -0.39 is 6.23 Å². The minimum atomic E-state index is -0.579. The smallest absolute Gasteiger partial charge is 0.215 e. The van der Waals surface area contributed by atoms with Gasteiger partial charge in [-0.25, -0.2) is 14.3 Å². The van der Waals surface area contributed by atoms with Crippen molar-refractivity contribution in [3.8, 4) is 5.75 Å². The highest BCUT2D eigenvalue weighted by Crippen LogP contribution is 2.41. The second kappa shape index (κ2) is 9.68. The van der Waals surface area contributed by atoms with Gasteiger partial charge in [0.1, 0.15) is 24.4 Å². The molecular formula is C23H27ClN8O. The largest absolute Gasteiger partial charge is 0.466 e. The summed E-state index contributed by atoms with van der Waals surface area (Å²) in [7, 11) is 1.89. The van der Waals surface area contributed by atoms with Crippen LogP contribution in [0.15, 0.2) is 67.3 Å². The minimum Gasteiger partial charge on any atom is -0.466 e. The summed E-state index contributed by atoms with van der Waals surface area (Å²) in [6.07, 6.45) is 2.54. The Kier molecular flexibility index (Phi) is 6.71. The predicted molar refractivity (Wildman–Crippen MR) is 125 cm³/mol. The van der Waals surface area contributed by atoms with E-state index in [2.05, 4.69) is 51.7 Å². The Morgan fingerprint density at radius 3 is 2.36 bits per heavy atom. The van der Waals surface area contributed by atoms with Crippen molar-refractivity contribution in [2.45, 2.75) is 39.1 Å². The Morgan fingerprint density at radius 1 is 1.03 bits per heavy atom. The van der Waals surface area contributed by atoms with Gasteiger partial charge in [-0.2, -0.15) is 5.10 Å². The van der Waals surface area contributed by atoms with Crippen LogP contribution in [0.3, 0.4) is 0 Å². The van der Waals surface area contributed by atoms with Crippen LogP contribution in [0.5, 0.6) is 5.75 Å². The van der Waals surface area contributed by atoms with Gasteiger partial charge in [0.05, 0.1) is 6.04 Å². The fourth-order valence-electron chi connectivity index (χ4n) is 3.86. The topological polar surface area (TPSA) is 95.6 Å². The van der Waals surface area contributed by atoms with Crippen LogP contribution in [-0.4, -0.2) is 42.0 Å². The van der Waals surface area contributed by atoms with Crippen LogP contribution in [0.25, 0.3) is 0 Å².